The first-order valence-corrected chi connectivity index (χ1v) is 11.3. The molecule has 0 amide bonds. The molecule has 0 aliphatic carbocycles. The Balaban J connectivity index is 1.90. The highest BCUT2D eigenvalue weighted by atomic mass is 35.5. The SMILES string of the molecule is Cc1noc(C)c1Cc1ccc(S(=O)(=O)N(CC(C)C)c2ccc(Cl)cc2)cc1. The maximum Gasteiger partial charge on any atom is 0.264 e. The molecule has 3 aromatic rings. The van der Waals surface area contributed by atoms with Gasteiger partial charge in [-0.3, -0.25) is 4.31 Å². The Hall–Kier alpha value is -2.31. The highest BCUT2D eigenvalue weighted by molar-refractivity contribution is 7.92. The van der Waals surface area contributed by atoms with Crippen LogP contribution in [0, 0.1) is 19.8 Å². The molecule has 0 aliphatic heterocycles. The fourth-order valence-electron chi connectivity index (χ4n) is 3.15. The first-order valence-electron chi connectivity index (χ1n) is 9.47. The van der Waals surface area contributed by atoms with Crippen LogP contribution >= 0.6 is 11.6 Å². The van der Waals surface area contributed by atoms with Gasteiger partial charge in [-0.15, -0.1) is 0 Å². The number of benzene rings is 2. The van der Waals surface area contributed by atoms with E-state index in [1.807, 2.05) is 39.8 Å². The van der Waals surface area contributed by atoms with Crippen LogP contribution in [0.25, 0.3) is 0 Å². The number of aryl methyl sites for hydroxylation is 2. The number of anilines is 1. The van der Waals surface area contributed by atoms with Crippen LogP contribution in [0.3, 0.4) is 0 Å². The number of aromatic nitrogens is 1. The minimum Gasteiger partial charge on any atom is -0.361 e. The molecule has 0 saturated carbocycles. The average molecular weight is 433 g/mol. The van der Waals surface area contributed by atoms with Gasteiger partial charge in [-0.25, -0.2) is 8.42 Å². The average Bonchev–Trinajstić information content (AvgIpc) is 2.99. The number of hydrogen-bond donors (Lipinski definition) is 0. The Labute approximate surface area is 177 Å². The second-order valence-corrected chi connectivity index (χ2v) is 9.83. The Kier molecular flexibility index (Phi) is 6.34. The van der Waals surface area contributed by atoms with Crippen LogP contribution in [-0.2, 0) is 16.4 Å². The molecule has 0 bridgehead atoms. The minimum atomic E-state index is -3.70. The zero-order valence-corrected chi connectivity index (χ0v) is 18.6. The van der Waals surface area contributed by atoms with Crippen molar-refractivity contribution in [2.45, 2.75) is 39.0 Å². The fraction of sp³-hybridized carbons (Fsp3) is 0.318. The summed E-state index contributed by atoms with van der Waals surface area (Å²) in [6, 6.07) is 13.9. The molecule has 0 unspecified atom stereocenters. The summed E-state index contributed by atoms with van der Waals surface area (Å²) in [5, 5.41) is 4.54. The van der Waals surface area contributed by atoms with E-state index in [1.165, 1.54) is 4.31 Å². The van der Waals surface area contributed by atoms with E-state index in [9.17, 15) is 8.42 Å². The van der Waals surface area contributed by atoms with Gasteiger partial charge in [0.1, 0.15) is 5.76 Å². The normalized spacial score (nSPS) is 11.8. The highest BCUT2D eigenvalue weighted by Gasteiger charge is 2.25. The van der Waals surface area contributed by atoms with E-state index >= 15 is 0 Å². The van der Waals surface area contributed by atoms with E-state index < -0.39 is 10.0 Å². The zero-order valence-electron chi connectivity index (χ0n) is 17.0. The smallest absolute Gasteiger partial charge is 0.264 e. The van der Waals surface area contributed by atoms with Gasteiger partial charge < -0.3 is 4.52 Å². The third-order valence-corrected chi connectivity index (χ3v) is 6.78. The molecule has 7 heteroatoms. The maximum atomic E-state index is 13.4. The molecule has 3 rings (SSSR count). The number of halogens is 1. The zero-order chi connectivity index (χ0) is 21.2. The Morgan fingerprint density at radius 1 is 1.03 bits per heavy atom. The van der Waals surface area contributed by atoms with Crippen LogP contribution in [0.1, 0.15) is 36.4 Å². The van der Waals surface area contributed by atoms with Crippen molar-refractivity contribution in [3.8, 4) is 0 Å². The van der Waals surface area contributed by atoms with Gasteiger partial charge in [0.2, 0.25) is 0 Å². The van der Waals surface area contributed by atoms with Crippen molar-refractivity contribution in [3.05, 3.63) is 76.1 Å². The second-order valence-electron chi connectivity index (χ2n) is 7.53. The number of sulfonamides is 1. The van der Waals surface area contributed by atoms with Crippen molar-refractivity contribution in [1.82, 2.24) is 5.16 Å². The molecule has 2 aromatic carbocycles. The van der Waals surface area contributed by atoms with Crippen molar-refractivity contribution in [2.75, 3.05) is 10.8 Å². The molecular weight excluding hydrogens is 408 g/mol. The maximum absolute atomic E-state index is 13.4. The van der Waals surface area contributed by atoms with Crippen molar-refractivity contribution in [3.63, 3.8) is 0 Å². The highest BCUT2D eigenvalue weighted by Crippen LogP contribution is 2.27. The van der Waals surface area contributed by atoms with E-state index in [4.69, 9.17) is 16.1 Å². The number of nitrogens with zero attached hydrogens (tertiary/aromatic N) is 2. The summed E-state index contributed by atoms with van der Waals surface area (Å²) < 4.78 is 33.4. The van der Waals surface area contributed by atoms with Crippen molar-refractivity contribution in [1.29, 1.82) is 0 Å². The monoisotopic (exact) mass is 432 g/mol. The molecular formula is C22H25ClN2O3S. The van der Waals surface area contributed by atoms with Gasteiger partial charge in [-0.1, -0.05) is 42.7 Å². The third kappa shape index (κ3) is 4.82. The van der Waals surface area contributed by atoms with Gasteiger partial charge in [0.15, 0.2) is 0 Å². The summed E-state index contributed by atoms with van der Waals surface area (Å²) in [5.41, 5.74) is 3.48. The van der Waals surface area contributed by atoms with Gasteiger partial charge in [0.05, 0.1) is 16.3 Å². The van der Waals surface area contributed by atoms with E-state index in [2.05, 4.69) is 5.16 Å². The molecule has 0 fully saturated rings. The second kappa shape index (κ2) is 8.59. The summed E-state index contributed by atoms with van der Waals surface area (Å²) in [5.74, 6) is 0.948. The Morgan fingerprint density at radius 2 is 1.66 bits per heavy atom. The molecule has 0 radical (unpaired) electrons. The summed E-state index contributed by atoms with van der Waals surface area (Å²) in [4.78, 5) is 0.260. The van der Waals surface area contributed by atoms with Crippen LogP contribution < -0.4 is 4.31 Å². The van der Waals surface area contributed by atoms with Crippen LogP contribution in [-0.4, -0.2) is 20.1 Å². The lowest BCUT2D eigenvalue weighted by Gasteiger charge is -2.26. The lowest BCUT2D eigenvalue weighted by molar-refractivity contribution is 0.392. The molecule has 0 aliphatic rings. The molecule has 0 saturated heterocycles. The van der Waals surface area contributed by atoms with Crippen LogP contribution in [0.5, 0.6) is 0 Å². The summed E-state index contributed by atoms with van der Waals surface area (Å²) in [7, 11) is -3.70. The molecule has 1 heterocycles. The number of hydrogen-bond acceptors (Lipinski definition) is 4. The predicted molar refractivity (Wildman–Crippen MR) is 116 cm³/mol. The largest absolute Gasteiger partial charge is 0.361 e. The van der Waals surface area contributed by atoms with E-state index in [1.54, 1.807) is 36.4 Å². The summed E-state index contributed by atoms with van der Waals surface area (Å²) in [6.45, 7) is 8.14. The van der Waals surface area contributed by atoms with Gasteiger partial charge in [-0.2, -0.15) is 0 Å². The van der Waals surface area contributed by atoms with Crippen LogP contribution in [0.2, 0.25) is 5.02 Å². The Morgan fingerprint density at radius 3 is 2.17 bits per heavy atom. The number of rotatable bonds is 7. The van der Waals surface area contributed by atoms with Crippen molar-refractivity contribution in [2.24, 2.45) is 5.92 Å². The third-order valence-electron chi connectivity index (χ3n) is 4.72. The lowest BCUT2D eigenvalue weighted by atomic mass is 10.0. The van der Waals surface area contributed by atoms with Crippen molar-refractivity contribution >= 4 is 27.3 Å². The minimum absolute atomic E-state index is 0.166. The van der Waals surface area contributed by atoms with E-state index in [0.717, 1.165) is 22.6 Å². The molecule has 29 heavy (non-hydrogen) atoms. The first kappa shape index (κ1) is 21.4. The molecule has 0 N–H and O–H groups in total. The molecule has 154 valence electrons. The topological polar surface area (TPSA) is 63.4 Å². The predicted octanol–water partition coefficient (Wildman–Crippen LogP) is 5.39. The van der Waals surface area contributed by atoms with Gasteiger partial charge >= 0.3 is 0 Å². The quantitative estimate of drug-likeness (QED) is 0.502. The molecule has 0 spiro atoms. The summed E-state index contributed by atoms with van der Waals surface area (Å²) >= 11 is 5.97. The van der Waals surface area contributed by atoms with E-state index in [-0.39, 0.29) is 10.8 Å². The van der Waals surface area contributed by atoms with Gasteiger partial charge in [-0.05, 0) is 61.7 Å². The van der Waals surface area contributed by atoms with Gasteiger partial charge in [0.25, 0.3) is 10.0 Å². The van der Waals surface area contributed by atoms with Crippen LogP contribution in [0.15, 0.2) is 57.9 Å². The molecule has 5 nitrogen and oxygen atoms in total. The fourth-order valence-corrected chi connectivity index (χ4v) is 4.90. The lowest BCUT2D eigenvalue weighted by Crippen LogP contribution is -2.34. The van der Waals surface area contributed by atoms with E-state index in [0.29, 0.717) is 23.7 Å². The van der Waals surface area contributed by atoms with Crippen LogP contribution in [0.4, 0.5) is 5.69 Å². The Bertz CT molecular complexity index is 1050. The summed E-state index contributed by atoms with van der Waals surface area (Å²) in [6.07, 6.45) is 0.647. The standard InChI is InChI=1S/C22H25ClN2O3S/c1-15(2)14-25(20-9-7-19(23)8-10-20)29(26,27)21-11-5-18(6-12-21)13-22-16(3)24-28-17(22)4/h5-12,15H,13-14H2,1-4H3. The molecule has 0 atom stereocenters. The molecule has 1 aromatic heterocycles. The van der Waals surface area contributed by atoms with Gasteiger partial charge in [0, 0.05) is 23.6 Å². The van der Waals surface area contributed by atoms with Crippen molar-refractivity contribution < 1.29 is 12.9 Å². The first-order chi connectivity index (χ1) is 13.7.